The van der Waals surface area contributed by atoms with Gasteiger partial charge in [-0.1, -0.05) is 44.2 Å². The zero-order chi connectivity index (χ0) is 17.1. The number of hydrogen-bond acceptors (Lipinski definition) is 2. The summed E-state index contributed by atoms with van der Waals surface area (Å²) >= 11 is 0. The lowest BCUT2D eigenvalue weighted by atomic mass is 10.0. The van der Waals surface area contributed by atoms with E-state index in [0.29, 0.717) is 5.56 Å². The van der Waals surface area contributed by atoms with Gasteiger partial charge in [0.1, 0.15) is 0 Å². The number of H-pyrrole nitrogens is 1. The largest absolute Gasteiger partial charge is 0.366 e. The van der Waals surface area contributed by atoms with Crippen LogP contribution in [0, 0.1) is 0 Å². The van der Waals surface area contributed by atoms with Crippen molar-refractivity contribution >= 4 is 16.8 Å². The molecule has 3 rings (SSSR count). The molecule has 0 bridgehead atoms. The minimum Gasteiger partial charge on any atom is -0.366 e. The van der Waals surface area contributed by atoms with Gasteiger partial charge in [-0.2, -0.15) is 0 Å². The molecule has 124 valence electrons. The summed E-state index contributed by atoms with van der Waals surface area (Å²) in [4.78, 5) is 17.5. The van der Waals surface area contributed by atoms with Crippen molar-refractivity contribution in [2.75, 3.05) is 13.1 Å². The van der Waals surface area contributed by atoms with E-state index in [0.717, 1.165) is 41.8 Å². The second kappa shape index (κ2) is 6.89. The van der Waals surface area contributed by atoms with Crippen LogP contribution in [0.25, 0.3) is 22.2 Å². The monoisotopic (exact) mass is 321 g/mol. The number of aromatic amines is 1. The Morgan fingerprint density at radius 3 is 2.42 bits per heavy atom. The number of carbonyl (C=O) groups is 1. The van der Waals surface area contributed by atoms with Gasteiger partial charge in [-0.15, -0.1) is 0 Å². The third-order valence-corrected chi connectivity index (χ3v) is 4.53. The number of primary amides is 1. The Kier molecular flexibility index (Phi) is 4.67. The van der Waals surface area contributed by atoms with Gasteiger partial charge in [-0.25, -0.2) is 0 Å². The van der Waals surface area contributed by atoms with E-state index in [9.17, 15) is 4.79 Å². The number of aromatic nitrogens is 1. The van der Waals surface area contributed by atoms with E-state index in [-0.39, 0.29) is 0 Å². The van der Waals surface area contributed by atoms with E-state index in [1.165, 1.54) is 5.56 Å². The van der Waals surface area contributed by atoms with Crippen molar-refractivity contribution in [2.45, 2.75) is 20.4 Å². The van der Waals surface area contributed by atoms with E-state index in [2.05, 4.69) is 35.9 Å². The lowest BCUT2D eigenvalue weighted by molar-refractivity contribution is 0.100. The summed E-state index contributed by atoms with van der Waals surface area (Å²) in [6.07, 6.45) is 0. The van der Waals surface area contributed by atoms with Crippen molar-refractivity contribution in [2.24, 2.45) is 5.73 Å². The molecule has 0 fully saturated rings. The molecule has 2 aromatic carbocycles. The van der Waals surface area contributed by atoms with Gasteiger partial charge in [0.05, 0.1) is 5.69 Å². The Balaban J connectivity index is 2.20. The van der Waals surface area contributed by atoms with Crippen LogP contribution in [0.4, 0.5) is 0 Å². The molecule has 0 saturated carbocycles. The van der Waals surface area contributed by atoms with Crippen LogP contribution in [-0.2, 0) is 6.54 Å². The number of nitrogens with two attached hydrogens (primary N) is 1. The molecular formula is C20H23N3O. The molecule has 0 atom stereocenters. The van der Waals surface area contributed by atoms with E-state index < -0.39 is 5.91 Å². The summed E-state index contributed by atoms with van der Waals surface area (Å²) in [5, 5.41) is 1.07. The number of rotatable bonds is 6. The fourth-order valence-electron chi connectivity index (χ4n) is 3.09. The molecule has 0 aliphatic rings. The number of carbonyl (C=O) groups excluding carboxylic acids is 1. The quantitative estimate of drug-likeness (QED) is 0.726. The topological polar surface area (TPSA) is 62.1 Å². The first-order chi connectivity index (χ1) is 11.6. The van der Waals surface area contributed by atoms with Crippen LogP contribution < -0.4 is 5.73 Å². The molecule has 3 N–H and O–H groups in total. The molecule has 0 aliphatic heterocycles. The average Bonchev–Trinajstić information content (AvgIpc) is 2.97. The third-order valence-electron chi connectivity index (χ3n) is 4.53. The van der Waals surface area contributed by atoms with Crippen LogP contribution in [0.15, 0.2) is 48.5 Å². The van der Waals surface area contributed by atoms with Crippen LogP contribution in [0.3, 0.4) is 0 Å². The average molecular weight is 321 g/mol. The highest BCUT2D eigenvalue weighted by Crippen LogP contribution is 2.32. The minimum atomic E-state index is -0.395. The van der Waals surface area contributed by atoms with Gasteiger partial charge < -0.3 is 10.7 Å². The highest BCUT2D eigenvalue weighted by Gasteiger charge is 2.16. The number of hydrogen-bond donors (Lipinski definition) is 2. The Bertz CT molecular complexity index is 848. The predicted molar refractivity (Wildman–Crippen MR) is 98.9 cm³/mol. The molecule has 0 unspecified atom stereocenters. The fourth-order valence-corrected chi connectivity index (χ4v) is 3.09. The number of nitrogens with zero attached hydrogens (tertiary/aromatic N) is 1. The normalized spacial score (nSPS) is 11.3. The second-order valence-electron chi connectivity index (χ2n) is 5.93. The van der Waals surface area contributed by atoms with Crippen LogP contribution >= 0.6 is 0 Å². The predicted octanol–water partition coefficient (Wildman–Crippen LogP) is 3.78. The first-order valence-corrected chi connectivity index (χ1v) is 8.36. The van der Waals surface area contributed by atoms with Crippen LogP contribution in [-0.4, -0.2) is 28.9 Å². The Morgan fingerprint density at radius 1 is 1.08 bits per heavy atom. The van der Waals surface area contributed by atoms with Gasteiger partial charge in [0, 0.05) is 23.0 Å². The molecule has 0 aliphatic carbocycles. The highest BCUT2D eigenvalue weighted by molar-refractivity contribution is 5.99. The number of amides is 1. The van der Waals surface area contributed by atoms with Gasteiger partial charge in [0.2, 0.25) is 5.91 Å². The number of nitrogens with one attached hydrogen (secondary N) is 1. The van der Waals surface area contributed by atoms with Gasteiger partial charge in [-0.3, -0.25) is 9.69 Å². The molecule has 4 heteroatoms. The molecule has 0 radical (unpaired) electrons. The molecule has 3 aromatic rings. The van der Waals surface area contributed by atoms with Crippen LogP contribution in [0.1, 0.15) is 29.8 Å². The maximum absolute atomic E-state index is 11.6. The molecule has 4 nitrogen and oxygen atoms in total. The fraction of sp³-hybridized carbons (Fsp3) is 0.250. The first-order valence-electron chi connectivity index (χ1n) is 8.36. The molecule has 1 heterocycles. The Labute approximate surface area is 142 Å². The number of fused-ring (bicyclic) bond motifs is 1. The van der Waals surface area contributed by atoms with Gasteiger partial charge in [0.25, 0.3) is 0 Å². The standard InChI is InChI=1S/C20H23N3O/c1-3-23(4-2)13-17-16-12-15(20(21)24)10-11-18(16)22-19(17)14-8-6-5-7-9-14/h5-12,22H,3-4,13H2,1-2H3,(H2,21,24). The molecule has 0 saturated heterocycles. The lowest BCUT2D eigenvalue weighted by Gasteiger charge is -2.19. The maximum atomic E-state index is 11.6. The molecule has 1 amide bonds. The summed E-state index contributed by atoms with van der Waals surface area (Å²) in [5.74, 6) is -0.395. The minimum absolute atomic E-state index is 0.395. The first kappa shape index (κ1) is 16.3. The van der Waals surface area contributed by atoms with Crippen molar-refractivity contribution in [3.05, 3.63) is 59.7 Å². The summed E-state index contributed by atoms with van der Waals surface area (Å²) in [7, 11) is 0. The summed E-state index contributed by atoms with van der Waals surface area (Å²) in [6.45, 7) is 7.12. The summed E-state index contributed by atoms with van der Waals surface area (Å²) < 4.78 is 0. The summed E-state index contributed by atoms with van der Waals surface area (Å²) in [5.41, 5.74) is 10.5. The van der Waals surface area contributed by atoms with Gasteiger partial charge in [0.15, 0.2) is 0 Å². The van der Waals surface area contributed by atoms with E-state index >= 15 is 0 Å². The van der Waals surface area contributed by atoms with Crippen LogP contribution in [0.5, 0.6) is 0 Å². The Hall–Kier alpha value is -2.59. The van der Waals surface area contributed by atoms with Gasteiger partial charge >= 0.3 is 0 Å². The van der Waals surface area contributed by atoms with Crippen LogP contribution in [0.2, 0.25) is 0 Å². The highest BCUT2D eigenvalue weighted by atomic mass is 16.1. The molecule has 0 spiro atoms. The van der Waals surface area contributed by atoms with Crippen molar-refractivity contribution in [1.29, 1.82) is 0 Å². The van der Waals surface area contributed by atoms with Gasteiger partial charge in [-0.05, 0) is 42.4 Å². The molecule has 24 heavy (non-hydrogen) atoms. The van der Waals surface area contributed by atoms with Crippen molar-refractivity contribution in [1.82, 2.24) is 9.88 Å². The number of benzene rings is 2. The van der Waals surface area contributed by atoms with Crippen molar-refractivity contribution in [3.63, 3.8) is 0 Å². The molecule has 1 aromatic heterocycles. The van der Waals surface area contributed by atoms with Crippen molar-refractivity contribution in [3.8, 4) is 11.3 Å². The maximum Gasteiger partial charge on any atom is 0.248 e. The van der Waals surface area contributed by atoms with Crippen molar-refractivity contribution < 1.29 is 4.79 Å². The Morgan fingerprint density at radius 2 is 1.79 bits per heavy atom. The smallest absolute Gasteiger partial charge is 0.248 e. The lowest BCUT2D eigenvalue weighted by Crippen LogP contribution is -2.22. The van der Waals surface area contributed by atoms with E-state index in [4.69, 9.17) is 5.73 Å². The zero-order valence-corrected chi connectivity index (χ0v) is 14.2. The zero-order valence-electron chi connectivity index (χ0n) is 14.2. The van der Waals surface area contributed by atoms with E-state index in [1.807, 2.05) is 30.3 Å². The second-order valence-corrected chi connectivity index (χ2v) is 5.93. The molecular weight excluding hydrogens is 298 g/mol. The third kappa shape index (κ3) is 3.05. The SMILES string of the molecule is CCN(CC)Cc1c(-c2ccccc2)[nH]c2ccc(C(N)=O)cc12. The summed E-state index contributed by atoms with van der Waals surface area (Å²) in [6, 6.07) is 15.9. The van der Waals surface area contributed by atoms with E-state index in [1.54, 1.807) is 6.07 Å².